The molecule has 2 aliphatic rings. The Morgan fingerprint density at radius 3 is 2.37 bits per heavy atom. The maximum atomic E-state index is 13.7. The summed E-state index contributed by atoms with van der Waals surface area (Å²) in [5.74, 6) is -1.40. The van der Waals surface area contributed by atoms with Gasteiger partial charge in [-0.1, -0.05) is 12.1 Å². The van der Waals surface area contributed by atoms with Crippen LogP contribution in [0.3, 0.4) is 0 Å². The first-order chi connectivity index (χ1) is 18.2. The molecule has 2 aliphatic heterocycles. The molecular weight excluding hydrogens is 485 g/mol. The summed E-state index contributed by atoms with van der Waals surface area (Å²) >= 11 is 0. The van der Waals surface area contributed by atoms with Crippen LogP contribution in [0.2, 0.25) is 0 Å². The molecule has 1 N–H and O–H groups in total. The van der Waals surface area contributed by atoms with Gasteiger partial charge < -0.3 is 19.7 Å². The number of halogens is 1. The van der Waals surface area contributed by atoms with Crippen LogP contribution in [0.15, 0.2) is 48.7 Å². The molecule has 3 aromatic rings. The molecule has 0 spiro atoms. The Balaban J connectivity index is 1.31. The van der Waals surface area contributed by atoms with Gasteiger partial charge in [-0.25, -0.2) is 4.39 Å². The Kier molecular flexibility index (Phi) is 7.32. The second-order valence-electron chi connectivity index (χ2n) is 10.6. The number of amides is 2. The number of carbonyl (C=O) groups excluding carboxylic acids is 3. The Hall–Kier alpha value is -3.56. The van der Waals surface area contributed by atoms with Crippen LogP contribution in [0.5, 0.6) is 0 Å². The highest BCUT2D eigenvalue weighted by Crippen LogP contribution is 2.26. The zero-order chi connectivity index (χ0) is 27.0. The number of ketones is 1. The van der Waals surface area contributed by atoms with E-state index in [1.807, 2.05) is 18.9 Å². The van der Waals surface area contributed by atoms with Crippen molar-refractivity contribution in [1.82, 2.24) is 24.6 Å². The molecule has 8 nitrogen and oxygen atoms in total. The predicted molar refractivity (Wildman–Crippen MR) is 143 cm³/mol. The van der Waals surface area contributed by atoms with Gasteiger partial charge in [0.15, 0.2) is 0 Å². The number of nitrogens with one attached hydrogen (secondary N) is 1. The topological polar surface area (TPSA) is 80.0 Å². The van der Waals surface area contributed by atoms with E-state index in [4.69, 9.17) is 0 Å². The number of hydrogen-bond donors (Lipinski definition) is 1. The molecule has 5 rings (SSSR count). The third-order valence-electron chi connectivity index (χ3n) is 7.83. The molecule has 0 aliphatic carbocycles. The molecule has 3 heterocycles. The van der Waals surface area contributed by atoms with Crippen LogP contribution < -0.4 is 0 Å². The SMILES string of the molecule is C[C@@H]1CN(Cc2ccc(F)cc2)[C@@H](C)CN1C(=O)c1c[nH]c2ccc(C(=O)C(=O)N3CCN(C)CC3)cc12. The van der Waals surface area contributed by atoms with Crippen LogP contribution >= 0.6 is 0 Å². The molecule has 0 bridgehead atoms. The Bertz CT molecular complexity index is 1350. The third kappa shape index (κ3) is 5.21. The van der Waals surface area contributed by atoms with Gasteiger partial charge in [-0.05, 0) is 56.8 Å². The smallest absolute Gasteiger partial charge is 0.295 e. The van der Waals surface area contributed by atoms with Crippen LogP contribution in [0.1, 0.15) is 40.1 Å². The lowest BCUT2D eigenvalue weighted by atomic mass is 10.0. The van der Waals surface area contributed by atoms with Gasteiger partial charge in [0.2, 0.25) is 5.78 Å². The van der Waals surface area contributed by atoms with Crippen LogP contribution in [-0.2, 0) is 11.3 Å². The summed E-state index contributed by atoms with van der Waals surface area (Å²) in [5.41, 5.74) is 2.56. The highest BCUT2D eigenvalue weighted by Gasteiger charge is 2.33. The highest BCUT2D eigenvalue weighted by atomic mass is 19.1. The second kappa shape index (κ2) is 10.7. The molecule has 200 valence electrons. The zero-order valence-electron chi connectivity index (χ0n) is 22.1. The number of carbonyl (C=O) groups is 3. The lowest BCUT2D eigenvalue weighted by molar-refractivity contribution is -0.127. The van der Waals surface area contributed by atoms with E-state index < -0.39 is 11.7 Å². The summed E-state index contributed by atoms with van der Waals surface area (Å²) < 4.78 is 13.3. The number of nitrogens with zero attached hydrogens (tertiary/aromatic N) is 4. The van der Waals surface area contributed by atoms with E-state index in [2.05, 4.69) is 21.7 Å². The van der Waals surface area contributed by atoms with Gasteiger partial charge in [0.05, 0.1) is 5.56 Å². The van der Waals surface area contributed by atoms with Crippen molar-refractivity contribution in [2.24, 2.45) is 0 Å². The number of Topliss-reactive ketones (excluding diaryl/α,β-unsaturated/α-hetero) is 1. The van der Waals surface area contributed by atoms with Gasteiger partial charge in [0, 0.05) is 80.6 Å². The summed E-state index contributed by atoms with van der Waals surface area (Å²) in [6.07, 6.45) is 1.69. The molecule has 2 fully saturated rings. The largest absolute Gasteiger partial charge is 0.360 e. The van der Waals surface area contributed by atoms with E-state index in [0.29, 0.717) is 49.2 Å². The van der Waals surface area contributed by atoms with Crippen molar-refractivity contribution in [2.45, 2.75) is 32.5 Å². The minimum Gasteiger partial charge on any atom is -0.360 e. The van der Waals surface area contributed by atoms with Gasteiger partial charge in [0.25, 0.3) is 11.8 Å². The van der Waals surface area contributed by atoms with E-state index in [-0.39, 0.29) is 23.8 Å². The van der Waals surface area contributed by atoms with Crippen LogP contribution in [0, 0.1) is 5.82 Å². The Morgan fingerprint density at radius 2 is 1.66 bits per heavy atom. The summed E-state index contributed by atoms with van der Waals surface area (Å²) in [7, 11) is 2.00. The van der Waals surface area contributed by atoms with Crippen molar-refractivity contribution in [3.8, 4) is 0 Å². The second-order valence-corrected chi connectivity index (χ2v) is 10.6. The van der Waals surface area contributed by atoms with Crippen molar-refractivity contribution >= 4 is 28.5 Å². The van der Waals surface area contributed by atoms with Crippen molar-refractivity contribution < 1.29 is 18.8 Å². The molecular formula is C29H34FN5O3. The first-order valence-electron chi connectivity index (χ1n) is 13.1. The molecule has 2 aromatic carbocycles. The number of benzene rings is 2. The molecule has 2 atom stereocenters. The van der Waals surface area contributed by atoms with Crippen LogP contribution in [0.25, 0.3) is 10.9 Å². The number of fused-ring (bicyclic) bond motifs is 1. The summed E-state index contributed by atoms with van der Waals surface area (Å²) in [4.78, 5) is 50.6. The van der Waals surface area contributed by atoms with Gasteiger partial charge in [0.1, 0.15) is 5.82 Å². The summed E-state index contributed by atoms with van der Waals surface area (Å²) in [5, 5.41) is 0.639. The first kappa shape index (κ1) is 26.1. The van der Waals surface area contributed by atoms with Gasteiger partial charge >= 0.3 is 0 Å². The average molecular weight is 520 g/mol. The van der Waals surface area contributed by atoms with Crippen molar-refractivity contribution in [1.29, 1.82) is 0 Å². The number of likely N-dealkylation sites (N-methyl/N-ethyl adjacent to an activating group) is 1. The molecule has 2 saturated heterocycles. The molecule has 9 heteroatoms. The number of piperazine rings is 2. The quantitative estimate of drug-likeness (QED) is 0.414. The zero-order valence-corrected chi connectivity index (χ0v) is 22.1. The predicted octanol–water partition coefficient (Wildman–Crippen LogP) is 3.00. The highest BCUT2D eigenvalue weighted by molar-refractivity contribution is 6.43. The molecule has 1 aromatic heterocycles. The van der Waals surface area contributed by atoms with Crippen LogP contribution in [0.4, 0.5) is 4.39 Å². The number of H-pyrrole nitrogens is 1. The van der Waals surface area contributed by atoms with Crippen molar-refractivity contribution in [2.75, 3.05) is 46.3 Å². The lowest BCUT2D eigenvalue weighted by Gasteiger charge is -2.44. The third-order valence-corrected chi connectivity index (χ3v) is 7.83. The summed E-state index contributed by atoms with van der Waals surface area (Å²) in [6.45, 7) is 8.58. The fourth-order valence-corrected chi connectivity index (χ4v) is 5.40. The number of aromatic nitrogens is 1. The van der Waals surface area contributed by atoms with Crippen molar-refractivity contribution in [3.63, 3.8) is 0 Å². The molecule has 0 saturated carbocycles. The minimum absolute atomic E-state index is 0.0345. The van der Waals surface area contributed by atoms with Gasteiger partial charge in [-0.2, -0.15) is 0 Å². The van der Waals surface area contributed by atoms with E-state index in [9.17, 15) is 18.8 Å². The molecule has 0 radical (unpaired) electrons. The molecule has 2 amide bonds. The van der Waals surface area contributed by atoms with Gasteiger partial charge in [-0.15, -0.1) is 0 Å². The minimum atomic E-state index is -0.549. The fraction of sp³-hybridized carbons (Fsp3) is 0.414. The Morgan fingerprint density at radius 1 is 0.947 bits per heavy atom. The van der Waals surface area contributed by atoms with E-state index in [1.54, 1.807) is 41.4 Å². The number of aromatic amines is 1. The first-order valence-corrected chi connectivity index (χ1v) is 13.1. The maximum Gasteiger partial charge on any atom is 0.295 e. The Labute approximate surface area is 222 Å². The average Bonchev–Trinajstić information content (AvgIpc) is 3.34. The standard InChI is InChI=1S/C29H34FN5O3/c1-19-17-35(20(2)16-34(19)18-21-4-7-23(30)8-5-21)28(37)25-15-31-26-9-6-22(14-24(25)26)27(36)29(38)33-12-10-32(3)11-13-33/h4-9,14-15,19-20,31H,10-13,16-18H2,1-3H3/t19-,20+/m0/s1. The number of hydrogen-bond acceptors (Lipinski definition) is 5. The molecule has 38 heavy (non-hydrogen) atoms. The molecule has 0 unspecified atom stereocenters. The summed E-state index contributed by atoms with van der Waals surface area (Å²) in [6, 6.07) is 11.7. The van der Waals surface area contributed by atoms with E-state index in [1.165, 1.54) is 12.1 Å². The monoisotopic (exact) mass is 519 g/mol. The normalized spacial score (nSPS) is 21.2. The van der Waals surface area contributed by atoms with Crippen LogP contribution in [-0.4, -0.2) is 101 Å². The van der Waals surface area contributed by atoms with E-state index >= 15 is 0 Å². The maximum absolute atomic E-state index is 13.7. The lowest BCUT2D eigenvalue weighted by Crippen LogP contribution is -2.57. The van der Waals surface area contributed by atoms with Crippen molar-refractivity contribution in [3.05, 3.63) is 71.2 Å². The van der Waals surface area contributed by atoms with Gasteiger partial charge in [-0.3, -0.25) is 19.3 Å². The fourth-order valence-electron chi connectivity index (χ4n) is 5.40. The number of rotatable bonds is 5. The van der Waals surface area contributed by atoms with E-state index in [0.717, 1.165) is 24.2 Å².